The van der Waals surface area contributed by atoms with E-state index in [0.717, 1.165) is 12.8 Å². The lowest BCUT2D eigenvalue weighted by atomic mass is 9.87. The number of hydrogen-bond donors (Lipinski definition) is 4. The van der Waals surface area contributed by atoms with Crippen LogP contribution in [0.1, 0.15) is 43.5 Å². The molecule has 5 N–H and O–H groups in total. The highest BCUT2D eigenvalue weighted by Gasteiger charge is 2.24. The molecular weight excluding hydrogens is 460 g/mol. The number of aliphatic hydroxyl groups is 1. The third-order valence-electron chi connectivity index (χ3n) is 5.54. The zero-order valence-corrected chi connectivity index (χ0v) is 21.9. The first-order valence-electron chi connectivity index (χ1n) is 11.5. The van der Waals surface area contributed by atoms with Crippen molar-refractivity contribution in [2.45, 2.75) is 45.3 Å². The number of nitrogens with one attached hydrogen (secondary N) is 2. The zero-order valence-electron chi connectivity index (χ0n) is 21.1. The van der Waals surface area contributed by atoms with Crippen LogP contribution in [-0.4, -0.2) is 81.6 Å². The quantitative estimate of drug-likeness (QED) is 0.272. The molecule has 3 atom stereocenters. The molecule has 0 aliphatic heterocycles. The number of carbonyl (C=O) groups excluding carboxylic acids is 2. The predicted octanol–water partition coefficient (Wildman–Crippen LogP) is 2.27. The van der Waals surface area contributed by atoms with Crippen LogP contribution in [0.5, 0.6) is 5.75 Å². The lowest BCUT2D eigenvalue weighted by molar-refractivity contribution is 0.0927. The number of methoxy groups -OCH3 is 1. The van der Waals surface area contributed by atoms with E-state index in [2.05, 4.69) is 24.5 Å². The van der Waals surface area contributed by atoms with Crippen LogP contribution in [0.15, 0.2) is 24.3 Å². The molecular formula is C24H43ClN4O5. The number of nitrogens with two attached hydrogens (primary N) is 1. The van der Waals surface area contributed by atoms with Crippen LogP contribution >= 0.6 is 12.4 Å². The Balaban J connectivity index is 0.0000109. The Bertz CT molecular complexity index is 720. The Morgan fingerprint density at radius 2 is 1.74 bits per heavy atom. The van der Waals surface area contributed by atoms with Crippen molar-refractivity contribution in [2.24, 2.45) is 17.6 Å². The summed E-state index contributed by atoms with van der Waals surface area (Å²) in [6.45, 7) is 5.80. The van der Waals surface area contributed by atoms with E-state index in [4.69, 9.17) is 15.2 Å². The van der Waals surface area contributed by atoms with Gasteiger partial charge in [-0.05, 0) is 43.2 Å². The molecule has 3 amide bonds. The van der Waals surface area contributed by atoms with E-state index in [-0.39, 0.29) is 42.7 Å². The van der Waals surface area contributed by atoms with Gasteiger partial charge < -0.3 is 35.8 Å². The monoisotopic (exact) mass is 502 g/mol. The highest BCUT2D eigenvalue weighted by molar-refractivity contribution is 5.96. The third kappa shape index (κ3) is 11.9. The summed E-state index contributed by atoms with van der Waals surface area (Å²) >= 11 is 0. The fourth-order valence-electron chi connectivity index (χ4n) is 3.23. The van der Waals surface area contributed by atoms with Gasteiger partial charge in [0, 0.05) is 46.9 Å². The number of carbonyl (C=O) groups is 2. The molecule has 196 valence electrons. The van der Waals surface area contributed by atoms with Crippen LogP contribution < -0.4 is 21.1 Å². The molecule has 0 bridgehead atoms. The molecule has 0 fully saturated rings. The molecule has 0 heterocycles. The molecule has 0 aliphatic carbocycles. The molecule has 0 spiro atoms. The minimum Gasteiger partial charge on any atom is -0.493 e. The number of benzene rings is 1. The number of urea groups is 1. The molecule has 0 aromatic heterocycles. The number of halogens is 1. The number of hydrogen-bond acceptors (Lipinski definition) is 6. The minimum absolute atomic E-state index is 0. The van der Waals surface area contributed by atoms with Gasteiger partial charge in [0.05, 0.1) is 18.3 Å². The molecule has 0 saturated carbocycles. The number of amides is 3. The van der Waals surface area contributed by atoms with Crippen molar-refractivity contribution in [3.63, 3.8) is 0 Å². The summed E-state index contributed by atoms with van der Waals surface area (Å²) in [5.41, 5.74) is 6.68. The summed E-state index contributed by atoms with van der Waals surface area (Å²) in [4.78, 5) is 25.9. The molecule has 0 radical (unpaired) electrons. The first kappa shape index (κ1) is 31.9. The highest BCUT2D eigenvalue weighted by Crippen LogP contribution is 2.20. The highest BCUT2D eigenvalue weighted by atomic mass is 35.5. The molecule has 0 aliphatic rings. The molecule has 9 nitrogen and oxygen atoms in total. The lowest BCUT2D eigenvalue weighted by Gasteiger charge is -2.27. The van der Waals surface area contributed by atoms with E-state index in [1.807, 2.05) is 6.07 Å². The maximum Gasteiger partial charge on any atom is 0.316 e. The largest absolute Gasteiger partial charge is 0.493 e. The average molecular weight is 503 g/mol. The van der Waals surface area contributed by atoms with E-state index in [0.29, 0.717) is 37.5 Å². The Hall–Kier alpha value is -2.07. The van der Waals surface area contributed by atoms with Crippen LogP contribution in [0, 0.1) is 11.8 Å². The van der Waals surface area contributed by atoms with Gasteiger partial charge in [-0.2, -0.15) is 0 Å². The van der Waals surface area contributed by atoms with Crippen LogP contribution in [0.3, 0.4) is 0 Å². The fourth-order valence-corrected chi connectivity index (χ4v) is 3.23. The van der Waals surface area contributed by atoms with Gasteiger partial charge in [0.25, 0.3) is 5.91 Å². The minimum atomic E-state index is -0.877. The van der Waals surface area contributed by atoms with E-state index < -0.39 is 12.1 Å². The van der Waals surface area contributed by atoms with E-state index in [1.54, 1.807) is 39.4 Å². The summed E-state index contributed by atoms with van der Waals surface area (Å²) in [5.74, 6) is 0.648. The van der Waals surface area contributed by atoms with Gasteiger partial charge in [0.2, 0.25) is 0 Å². The molecule has 1 aromatic rings. The van der Waals surface area contributed by atoms with Crippen LogP contribution in [-0.2, 0) is 4.74 Å². The summed E-state index contributed by atoms with van der Waals surface area (Å²) < 4.78 is 10.9. The molecule has 10 heteroatoms. The SMILES string of the molecule is COCCCCOc1ccccc1C(=O)NCC(CC(N)C(O)CNC(=O)N(C)C)C(C)C.Cl. The molecule has 34 heavy (non-hydrogen) atoms. The van der Waals surface area contributed by atoms with Crippen molar-refractivity contribution in [1.82, 2.24) is 15.5 Å². The van der Waals surface area contributed by atoms with Crippen molar-refractivity contribution < 1.29 is 24.2 Å². The van der Waals surface area contributed by atoms with Gasteiger partial charge in [-0.1, -0.05) is 26.0 Å². The maximum absolute atomic E-state index is 12.8. The summed E-state index contributed by atoms with van der Waals surface area (Å²) in [5, 5.41) is 16.0. The van der Waals surface area contributed by atoms with Crippen LogP contribution in [0.25, 0.3) is 0 Å². The number of rotatable bonds is 15. The number of unbranched alkanes of at least 4 members (excludes halogenated alkanes) is 1. The number of ether oxygens (including phenoxy) is 2. The number of para-hydroxylation sites is 1. The van der Waals surface area contributed by atoms with Crippen molar-refractivity contribution in [1.29, 1.82) is 0 Å². The van der Waals surface area contributed by atoms with Gasteiger partial charge in [0.1, 0.15) is 5.75 Å². The Morgan fingerprint density at radius 1 is 1.09 bits per heavy atom. The molecule has 3 unspecified atom stereocenters. The Morgan fingerprint density at radius 3 is 2.35 bits per heavy atom. The van der Waals surface area contributed by atoms with Gasteiger partial charge >= 0.3 is 6.03 Å². The van der Waals surface area contributed by atoms with Crippen LogP contribution in [0.2, 0.25) is 0 Å². The topological polar surface area (TPSA) is 126 Å². The van der Waals surface area contributed by atoms with Gasteiger partial charge in [-0.25, -0.2) is 4.79 Å². The first-order valence-corrected chi connectivity index (χ1v) is 11.5. The zero-order chi connectivity index (χ0) is 24.8. The third-order valence-corrected chi connectivity index (χ3v) is 5.54. The van der Waals surface area contributed by atoms with Crippen molar-refractivity contribution in [2.75, 3.05) is 47.5 Å². The predicted molar refractivity (Wildman–Crippen MR) is 137 cm³/mol. The molecule has 1 aromatic carbocycles. The number of aliphatic hydroxyl groups excluding tert-OH is 1. The smallest absolute Gasteiger partial charge is 0.316 e. The van der Waals surface area contributed by atoms with Crippen molar-refractivity contribution >= 4 is 24.3 Å². The van der Waals surface area contributed by atoms with Crippen molar-refractivity contribution in [3.8, 4) is 5.75 Å². The Labute approximate surface area is 210 Å². The second kappa shape index (κ2) is 17.4. The van der Waals surface area contributed by atoms with Gasteiger partial charge in [-0.15, -0.1) is 12.4 Å². The number of nitrogens with zero attached hydrogens (tertiary/aromatic N) is 1. The van der Waals surface area contributed by atoms with E-state index >= 15 is 0 Å². The average Bonchev–Trinajstić information content (AvgIpc) is 2.79. The lowest BCUT2D eigenvalue weighted by Crippen LogP contribution is -2.47. The summed E-state index contributed by atoms with van der Waals surface area (Å²) in [6.07, 6.45) is 1.37. The summed E-state index contributed by atoms with van der Waals surface area (Å²) in [7, 11) is 4.93. The van der Waals surface area contributed by atoms with Crippen molar-refractivity contribution in [3.05, 3.63) is 29.8 Å². The fraction of sp³-hybridized carbons (Fsp3) is 0.667. The summed E-state index contributed by atoms with van der Waals surface area (Å²) in [6, 6.07) is 6.37. The first-order chi connectivity index (χ1) is 15.7. The van der Waals surface area contributed by atoms with Crippen LogP contribution in [0.4, 0.5) is 4.79 Å². The van der Waals surface area contributed by atoms with Gasteiger partial charge in [-0.3, -0.25) is 4.79 Å². The second-order valence-electron chi connectivity index (χ2n) is 8.81. The van der Waals surface area contributed by atoms with Gasteiger partial charge in [0.15, 0.2) is 0 Å². The normalized spacial score (nSPS) is 13.4. The van der Waals surface area contributed by atoms with E-state index in [9.17, 15) is 14.7 Å². The molecule has 1 rings (SSSR count). The second-order valence-corrected chi connectivity index (χ2v) is 8.81. The Kier molecular flexibility index (Phi) is 16.3. The molecule has 0 saturated heterocycles. The standard InChI is InChI=1S/C24H42N4O5.ClH/c1-17(2)18(14-20(25)21(29)16-27-24(31)28(3)4)15-26-23(30)19-10-6-7-11-22(19)33-13-9-8-12-32-5;/h6-7,10-11,17-18,20-21,29H,8-9,12-16,25H2,1-5H3,(H,26,30)(H,27,31);1H. The van der Waals surface area contributed by atoms with E-state index in [1.165, 1.54) is 4.90 Å². The maximum atomic E-state index is 12.8.